The zero-order valence-corrected chi connectivity index (χ0v) is 12.3. The summed E-state index contributed by atoms with van der Waals surface area (Å²) in [5, 5.41) is 10.1. The molecule has 1 aliphatic heterocycles. The molecule has 0 amide bonds. The zero-order valence-electron chi connectivity index (χ0n) is 12.3. The average molecular weight is 267 g/mol. The highest BCUT2D eigenvalue weighted by Crippen LogP contribution is 2.51. The molecule has 3 nitrogen and oxygen atoms in total. The lowest BCUT2D eigenvalue weighted by atomic mass is 9.67. The number of nitrogens with zero attached hydrogens (tertiary/aromatic N) is 1. The minimum atomic E-state index is -0.0708. The lowest BCUT2D eigenvalue weighted by Gasteiger charge is -2.50. The first-order valence-electron chi connectivity index (χ1n) is 8.19. The third-order valence-corrected chi connectivity index (χ3v) is 6.04. The summed E-state index contributed by atoms with van der Waals surface area (Å²) < 4.78 is 5.50. The Hall–Kier alpha value is -0.120. The predicted octanol–water partition coefficient (Wildman–Crippen LogP) is 2.57. The second kappa shape index (κ2) is 5.71. The van der Waals surface area contributed by atoms with Crippen molar-refractivity contribution in [2.45, 2.75) is 76.0 Å². The highest BCUT2D eigenvalue weighted by Gasteiger charge is 2.47. The SMILES string of the molecule is CN(C1CCOCC1)C1CC(O)CCC12CCCC2. The zero-order chi connectivity index (χ0) is 13.3. The third-order valence-electron chi connectivity index (χ3n) is 6.04. The minimum absolute atomic E-state index is 0.0708. The summed E-state index contributed by atoms with van der Waals surface area (Å²) in [6.07, 6.45) is 11.1. The van der Waals surface area contributed by atoms with Crippen LogP contribution >= 0.6 is 0 Å². The molecule has 3 rings (SSSR count). The monoisotopic (exact) mass is 267 g/mol. The van der Waals surface area contributed by atoms with Gasteiger partial charge in [0.25, 0.3) is 0 Å². The van der Waals surface area contributed by atoms with E-state index < -0.39 is 0 Å². The summed E-state index contributed by atoms with van der Waals surface area (Å²) in [7, 11) is 2.30. The number of hydrogen-bond acceptors (Lipinski definition) is 3. The number of aliphatic hydroxyl groups excluding tert-OH is 1. The van der Waals surface area contributed by atoms with Gasteiger partial charge in [-0.05, 0) is 57.4 Å². The average Bonchev–Trinajstić information content (AvgIpc) is 2.91. The van der Waals surface area contributed by atoms with Crippen molar-refractivity contribution in [1.29, 1.82) is 0 Å². The molecule has 3 aliphatic rings. The van der Waals surface area contributed by atoms with E-state index in [1.807, 2.05) is 0 Å². The van der Waals surface area contributed by atoms with Crippen LogP contribution in [0.4, 0.5) is 0 Å². The first kappa shape index (κ1) is 13.8. The van der Waals surface area contributed by atoms with Crippen molar-refractivity contribution >= 4 is 0 Å². The molecular formula is C16H29NO2. The van der Waals surface area contributed by atoms with Gasteiger partial charge < -0.3 is 9.84 Å². The summed E-state index contributed by atoms with van der Waals surface area (Å²) in [6, 6.07) is 1.27. The maximum atomic E-state index is 10.1. The molecule has 0 aromatic rings. The summed E-state index contributed by atoms with van der Waals surface area (Å²) >= 11 is 0. The highest BCUT2D eigenvalue weighted by atomic mass is 16.5. The van der Waals surface area contributed by atoms with Gasteiger partial charge >= 0.3 is 0 Å². The smallest absolute Gasteiger partial charge is 0.0555 e. The van der Waals surface area contributed by atoms with Crippen molar-refractivity contribution < 1.29 is 9.84 Å². The fraction of sp³-hybridized carbons (Fsp3) is 1.00. The lowest BCUT2D eigenvalue weighted by Crippen LogP contribution is -2.54. The number of aliphatic hydroxyl groups is 1. The van der Waals surface area contributed by atoms with Crippen LogP contribution in [0.25, 0.3) is 0 Å². The maximum Gasteiger partial charge on any atom is 0.0555 e. The molecular weight excluding hydrogens is 238 g/mol. The van der Waals surface area contributed by atoms with E-state index in [1.165, 1.54) is 44.9 Å². The Labute approximate surface area is 117 Å². The van der Waals surface area contributed by atoms with Crippen molar-refractivity contribution in [2.24, 2.45) is 5.41 Å². The topological polar surface area (TPSA) is 32.7 Å². The molecule has 2 saturated carbocycles. The van der Waals surface area contributed by atoms with Crippen LogP contribution in [0, 0.1) is 5.41 Å². The Bertz CT molecular complexity index is 295. The first-order valence-corrected chi connectivity index (χ1v) is 8.19. The molecule has 110 valence electrons. The molecule has 0 bridgehead atoms. The van der Waals surface area contributed by atoms with Gasteiger partial charge in [-0.1, -0.05) is 12.8 Å². The molecule has 1 heterocycles. The molecule has 2 atom stereocenters. The van der Waals surface area contributed by atoms with Gasteiger partial charge in [0, 0.05) is 25.3 Å². The fourth-order valence-electron chi connectivity index (χ4n) is 4.85. The van der Waals surface area contributed by atoms with E-state index in [0.29, 0.717) is 17.5 Å². The van der Waals surface area contributed by atoms with Gasteiger partial charge in [0.05, 0.1) is 6.10 Å². The fourth-order valence-corrected chi connectivity index (χ4v) is 4.85. The van der Waals surface area contributed by atoms with E-state index >= 15 is 0 Å². The van der Waals surface area contributed by atoms with E-state index in [0.717, 1.165) is 26.1 Å². The van der Waals surface area contributed by atoms with Gasteiger partial charge in [0.1, 0.15) is 0 Å². The largest absolute Gasteiger partial charge is 0.393 e. The quantitative estimate of drug-likeness (QED) is 0.834. The van der Waals surface area contributed by atoms with Crippen LogP contribution in [-0.4, -0.2) is 48.5 Å². The number of ether oxygens (including phenoxy) is 1. The van der Waals surface area contributed by atoms with E-state index in [-0.39, 0.29) is 6.10 Å². The van der Waals surface area contributed by atoms with E-state index in [4.69, 9.17) is 4.74 Å². The third kappa shape index (κ3) is 2.70. The molecule has 0 radical (unpaired) electrons. The summed E-state index contributed by atoms with van der Waals surface area (Å²) in [5.41, 5.74) is 0.520. The maximum absolute atomic E-state index is 10.1. The lowest BCUT2D eigenvalue weighted by molar-refractivity contribution is -0.0525. The van der Waals surface area contributed by atoms with Crippen LogP contribution in [-0.2, 0) is 4.74 Å². The van der Waals surface area contributed by atoms with E-state index in [1.54, 1.807) is 0 Å². The molecule has 3 heteroatoms. The van der Waals surface area contributed by atoms with E-state index in [9.17, 15) is 5.11 Å². The molecule has 3 fully saturated rings. The van der Waals surface area contributed by atoms with Crippen LogP contribution in [0.15, 0.2) is 0 Å². The minimum Gasteiger partial charge on any atom is -0.393 e. The van der Waals surface area contributed by atoms with Crippen molar-refractivity contribution in [3.05, 3.63) is 0 Å². The summed E-state index contributed by atoms with van der Waals surface area (Å²) in [6.45, 7) is 1.83. The van der Waals surface area contributed by atoms with Gasteiger partial charge in [-0.25, -0.2) is 0 Å². The molecule has 0 aromatic carbocycles. The van der Waals surface area contributed by atoms with Gasteiger partial charge in [0.15, 0.2) is 0 Å². The Morgan fingerprint density at radius 1 is 1.05 bits per heavy atom. The molecule has 0 aromatic heterocycles. The number of rotatable bonds is 2. The van der Waals surface area contributed by atoms with E-state index in [2.05, 4.69) is 11.9 Å². The molecule has 2 aliphatic carbocycles. The number of hydrogen-bond donors (Lipinski definition) is 1. The normalized spacial score (nSPS) is 36.2. The summed E-state index contributed by atoms with van der Waals surface area (Å²) in [4.78, 5) is 2.62. The Morgan fingerprint density at radius 2 is 1.74 bits per heavy atom. The van der Waals surface area contributed by atoms with Crippen molar-refractivity contribution in [1.82, 2.24) is 4.90 Å². The van der Waals surface area contributed by atoms with Crippen LogP contribution < -0.4 is 0 Å². The molecule has 1 spiro atoms. The van der Waals surface area contributed by atoms with Crippen LogP contribution in [0.1, 0.15) is 57.8 Å². The van der Waals surface area contributed by atoms with Crippen LogP contribution in [0.5, 0.6) is 0 Å². The Kier molecular flexibility index (Phi) is 4.16. The molecule has 2 unspecified atom stereocenters. The van der Waals surface area contributed by atoms with Gasteiger partial charge in [-0.3, -0.25) is 4.90 Å². The molecule has 1 saturated heterocycles. The predicted molar refractivity (Wildman–Crippen MR) is 76.2 cm³/mol. The van der Waals surface area contributed by atoms with Crippen molar-refractivity contribution in [3.8, 4) is 0 Å². The van der Waals surface area contributed by atoms with Crippen LogP contribution in [0.3, 0.4) is 0 Å². The first-order chi connectivity index (χ1) is 9.21. The van der Waals surface area contributed by atoms with Gasteiger partial charge in [-0.2, -0.15) is 0 Å². The second-order valence-corrected chi connectivity index (χ2v) is 7.02. The molecule has 1 N–H and O–H groups in total. The standard InChI is InChI=1S/C16H29NO2/c1-17(13-5-10-19-11-6-13)15-12-14(18)4-9-16(15)7-2-3-8-16/h13-15,18H,2-12H2,1H3. The summed E-state index contributed by atoms with van der Waals surface area (Å²) in [5.74, 6) is 0. The highest BCUT2D eigenvalue weighted by molar-refractivity contribution is 5.01. The van der Waals surface area contributed by atoms with Crippen molar-refractivity contribution in [2.75, 3.05) is 20.3 Å². The van der Waals surface area contributed by atoms with Crippen LogP contribution in [0.2, 0.25) is 0 Å². The Morgan fingerprint density at radius 3 is 2.42 bits per heavy atom. The molecule has 19 heavy (non-hydrogen) atoms. The Balaban J connectivity index is 1.74. The second-order valence-electron chi connectivity index (χ2n) is 7.02. The van der Waals surface area contributed by atoms with Gasteiger partial charge in [0.2, 0.25) is 0 Å². The van der Waals surface area contributed by atoms with Gasteiger partial charge in [-0.15, -0.1) is 0 Å². The van der Waals surface area contributed by atoms with Crippen molar-refractivity contribution in [3.63, 3.8) is 0 Å².